The minimum atomic E-state index is -3.30. The van der Waals surface area contributed by atoms with E-state index in [1.165, 1.54) is 6.20 Å². The number of carbonyl (C=O) groups is 1. The van der Waals surface area contributed by atoms with Crippen LogP contribution >= 0.6 is 0 Å². The number of nitrogens with zero attached hydrogens (tertiary/aromatic N) is 1. The Kier molecular flexibility index (Phi) is 3.75. The summed E-state index contributed by atoms with van der Waals surface area (Å²) in [6, 6.07) is 6.36. The second kappa shape index (κ2) is 5.33. The molecule has 1 heterocycles. The van der Waals surface area contributed by atoms with Crippen LogP contribution in [0.2, 0.25) is 0 Å². The fourth-order valence-corrected chi connectivity index (χ4v) is 2.18. The van der Waals surface area contributed by atoms with Crippen LogP contribution in [-0.2, 0) is 10.0 Å². The normalized spacial score (nSPS) is 11.1. The molecule has 0 fully saturated rings. The molecule has 20 heavy (non-hydrogen) atoms. The number of carbonyl (C=O) groups excluding carboxylic acids is 1. The monoisotopic (exact) mass is 294 g/mol. The molecule has 0 aliphatic carbocycles. The van der Waals surface area contributed by atoms with E-state index in [1.807, 2.05) is 0 Å². The molecule has 0 saturated heterocycles. The first-order chi connectivity index (χ1) is 9.35. The number of hydrogen-bond donors (Lipinski definition) is 3. The van der Waals surface area contributed by atoms with E-state index in [0.29, 0.717) is 22.6 Å². The lowest BCUT2D eigenvalue weighted by atomic mass is 10.2. The van der Waals surface area contributed by atoms with Gasteiger partial charge in [-0.25, -0.2) is 8.42 Å². The Morgan fingerprint density at radius 1 is 1.20 bits per heavy atom. The van der Waals surface area contributed by atoms with Gasteiger partial charge in [0.2, 0.25) is 10.0 Å². The van der Waals surface area contributed by atoms with E-state index < -0.39 is 10.0 Å². The zero-order valence-electron chi connectivity index (χ0n) is 11.0. The average Bonchev–Trinajstić information content (AvgIpc) is 2.76. The molecule has 0 spiro atoms. The molecule has 2 aromatic rings. The number of hydrogen-bond acceptors (Lipinski definition) is 4. The van der Waals surface area contributed by atoms with Crippen molar-refractivity contribution in [2.24, 2.45) is 0 Å². The third-order valence-corrected chi connectivity index (χ3v) is 3.13. The summed E-state index contributed by atoms with van der Waals surface area (Å²) in [5.74, 6) is -0.278. The van der Waals surface area contributed by atoms with Gasteiger partial charge >= 0.3 is 0 Å². The summed E-state index contributed by atoms with van der Waals surface area (Å²) in [5.41, 5.74) is 2.14. The van der Waals surface area contributed by atoms with E-state index in [4.69, 9.17) is 0 Å². The maximum Gasteiger partial charge on any atom is 0.259 e. The van der Waals surface area contributed by atoms with Crippen LogP contribution in [0.5, 0.6) is 0 Å². The number of benzene rings is 1. The first-order valence-corrected chi connectivity index (χ1v) is 7.63. The highest BCUT2D eigenvalue weighted by Gasteiger charge is 2.11. The van der Waals surface area contributed by atoms with Gasteiger partial charge in [0.25, 0.3) is 5.91 Å². The van der Waals surface area contributed by atoms with Crippen LogP contribution in [0.15, 0.2) is 30.5 Å². The Hall–Kier alpha value is -2.35. The molecule has 1 aromatic carbocycles. The molecular weight excluding hydrogens is 280 g/mol. The minimum Gasteiger partial charge on any atom is -0.322 e. The summed E-state index contributed by atoms with van der Waals surface area (Å²) in [7, 11) is -3.30. The fourth-order valence-electron chi connectivity index (χ4n) is 1.61. The van der Waals surface area contributed by atoms with Crippen molar-refractivity contribution < 1.29 is 13.2 Å². The number of nitrogens with one attached hydrogen (secondary N) is 3. The van der Waals surface area contributed by atoms with Gasteiger partial charge in [-0.1, -0.05) is 0 Å². The SMILES string of the molecule is Cc1[nH]ncc1C(=O)Nc1ccc(NS(C)(=O)=O)cc1. The second-order valence-corrected chi connectivity index (χ2v) is 6.06. The van der Waals surface area contributed by atoms with Crippen molar-refractivity contribution >= 4 is 27.3 Å². The van der Waals surface area contributed by atoms with Crippen LogP contribution in [0.1, 0.15) is 16.1 Å². The predicted molar refractivity (Wildman–Crippen MR) is 76.2 cm³/mol. The summed E-state index contributed by atoms with van der Waals surface area (Å²) in [6.45, 7) is 1.75. The molecule has 0 atom stereocenters. The zero-order valence-corrected chi connectivity index (χ0v) is 11.8. The van der Waals surface area contributed by atoms with Crippen molar-refractivity contribution in [3.63, 3.8) is 0 Å². The molecule has 0 radical (unpaired) electrons. The highest BCUT2D eigenvalue weighted by atomic mass is 32.2. The Bertz CT molecular complexity index is 719. The Morgan fingerprint density at radius 3 is 2.30 bits per heavy atom. The topological polar surface area (TPSA) is 104 Å². The lowest BCUT2D eigenvalue weighted by Crippen LogP contribution is -2.13. The van der Waals surface area contributed by atoms with E-state index in [1.54, 1.807) is 31.2 Å². The smallest absolute Gasteiger partial charge is 0.259 e. The Balaban J connectivity index is 2.08. The van der Waals surface area contributed by atoms with Gasteiger partial charge in [-0.05, 0) is 31.2 Å². The van der Waals surface area contributed by atoms with Gasteiger partial charge in [0.1, 0.15) is 0 Å². The Morgan fingerprint density at radius 2 is 1.80 bits per heavy atom. The number of rotatable bonds is 4. The minimum absolute atomic E-state index is 0.278. The number of aromatic amines is 1. The number of H-pyrrole nitrogens is 1. The van der Waals surface area contributed by atoms with E-state index in [0.717, 1.165) is 6.26 Å². The quantitative estimate of drug-likeness (QED) is 0.791. The third kappa shape index (κ3) is 3.58. The van der Waals surface area contributed by atoms with Gasteiger partial charge in [0, 0.05) is 17.1 Å². The molecular formula is C12H14N4O3S. The summed E-state index contributed by atoms with van der Waals surface area (Å²) in [5, 5.41) is 9.16. The Labute approximate surface area is 116 Å². The summed E-state index contributed by atoms with van der Waals surface area (Å²) in [4.78, 5) is 11.9. The standard InChI is InChI=1S/C12H14N4O3S/c1-8-11(7-13-15-8)12(17)14-9-3-5-10(6-4-9)16-20(2,18)19/h3-7,16H,1-2H3,(H,13,15)(H,14,17). The molecule has 106 valence electrons. The van der Waals surface area contributed by atoms with E-state index >= 15 is 0 Å². The van der Waals surface area contributed by atoms with Crippen LogP contribution < -0.4 is 10.0 Å². The van der Waals surface area contributed by atoms with Crippen molar-refractivity contribution in [3.8, 4) is 0 Å². The highest BCUT2D eigenvalue weighted by Crippen LogP contribution is 2.15. The van der Waals surface area contributed by atoms with Gasteiger partial charge in [-0.2, -0.15) is 5.10 Å². The molecule has 0 aliphatic rings. The number of aromatic nitrogens is 2. The van der Waals surface area contributed by atoms with Gasteiger partial charge in [0.15, 0.2) is 0 Å². The molecule has 1 aromatic heterocycles. The van der Waals surface area contributed by atoms with Crippen molar-refractivity contribution in [2.45, 2.75) is 6.92 Å². The molecule has 3 N–H and O–H groups in total. The molecule has 0 bridgehead atoms. The number of amides is 1. The molecule has 7 nitrogen and oxygen atoms in total. The molecule has 1 amide bonds. The van der Waals surface area contributed by atoms with Crippen molar-refractivity contribution in [1.29, 1.82) is 0 Å². The van der Waals surface area contributed by atoms with E-state index in [-0.39, 0.29) is 5.91 Å². The first-order valence-electron chi connectivity index (χ1n) is 5.74. The lowest BCUT2D eigenvalue weighted by Gasteiger charge is -2.07. The second-order valence-electron chi connectivity index (χ2n) is 4.31. The number of aryl methyl sites for hydroxylation is 1. The summed E-state index contributed by atoms with van der Waals surface area (Å²) < 4.78 is 24.5. The maximum absolute atomic E-state index is 11.9. The highest BCUT2D eigenvalue weighted by molar-refractivity contribution is 7.92. The first kappa shape index (κ1) is 14.1. The fraction of sp³-hybridized carbons (Fsp3) is 0.167. The van der Waals surface area contributed by atoms with E-state index in [2.05, 4.69) is 20.2 Å². The predicted octanol–water partition coefficient (Wildman–Crippen LogP) is 1.34. The lowest BCUT2D eigenvalue weighted by molar-refractivity contribution is 0.102. The summed E-state index contributed by atoms with van der Waals surface area (Å²) >= 11 is 0. The van der Waals surface area contributed by atoms with Crippen LogP contribution in [0.4, 0.5) is 11.4 Å². The average molecular weight is 294 g/mol. The molecule has 8 heteroatoms. The van der Waals surface area contributed by atoms with Gasteiger partial charge < -0.3 is 5.32 Å². The zero-order chi connectivity index (χ0) is 14.8. The van der Waals surface area contributed by atoms with Gasteiger partial charge in [-0.3, -0.25) is 14.6 Å². The number of sulfonamides is 1. The molecule has 0 unspecified atom stereocenters. The molecule has 2 rings (SSSR count). The molecule has 0 saturated carbocycles. The number of anilines is 2. The maximum atomic E-state index is 11.9. The third-order valence-electron chi connectivity index (χ3n) is 2.52. The largest absolute Gasteiger partial charge is 0.322 e. The van der Waals surface area contributed by atoms with Crippen LogP contribution in [0, 0.1) is 6.92 Å². The van der Waals surface area contributed by atoms with Crippen LogP contribution in [-0.4, -0.2) is 30.8 Å². The van der Waals surface area contributed by atoms with Crippen molar-refractivity contribution in [3.05, 3.63) is 41.7 Å². The van der Waals surface area contributed by atoms with Gasteiger partial charge in [0.05, 0.1) is 18.0 Å². The summed E-state index contributed by atoms with van der Waals surface area (Å²) in [6.07, 6.45) is 2.52. The van der Waals surface area contributed by atoms with Crippen molar-refractivity contribution in [2.75, 3.05) is 16.3 Å². The van der Waals surface area contributed by atoms with E-state index in [9.17, 15) is 13.2 Å². The van der Waals surface area contributed by atoms with Crippen molar-refractivity contribution in [1.82, 2.24) is 10.2 Å². The van der Waals surface area contributed by atoms with Gasteiger partial charge in [-0.15, -0.1) is 0 Å². The van der Waals surface area contributed by atoms with Crippen LogP contribution in [0.25, 0.3) is 0 Å². The van der Waals surface area contributed by atoms with Crippen LogP contribution in [0.3, 0.4) is 0 Å². The molecule has 0 aliphatic heterocycles.